The third-order valence-corrected chi connectivity index (χ3v) is 2.65. The second kappa shape index (κ2) is 8.08. The van der Waals surface area contributed by atoms with Crippen LogP contribution >= 0.6 is 0 Å². The summed E-state index contributed by atoms with van der Waals surface area (Å²) >= 11 is 0. The smallest absolute Gasteiger partial charge is 0.0269 e. The third kappa shape index (κ3) is 6.23. The van der Waals surface area contributed by atoms with E-state index in [1.165, 1.54) is 19.3 Å². The van der Waals surface area contributed by atoms with Crippen LogP contribution in [0, 0.1) is 5.41 Å². The highest BCUT2D eigenvalue weighted by molar-refractivity contribution is 5.15. The zero-order valence-electron chi connectivity index (χ0n) is 11.6. The molecule has 1 aliphatic carbocycles. The van der Waals surface area contributed by atoms with Crippen LogP contribution in [0.5, 0.6) is 0 Å². The maximum atomic E-state index is 2.36. The molecule has 0 bridgehead atoms. The Morgan fingerprint density at radius 2 is 1.29 bits per heavy atom. The number of hydrogen-bond acceptors (Lipinski definition) is 0. The van der Waals surface area contributed by atoms with Gasteiger partial charge in [0.05, 0.1) is 0 Å². The largest absolute Gasteiger partial charge is 0.0744 e. The topological polar surface area (TPSA) is 0 Å². The van der Waals surface area contributed by atoms with E-state index >= 15 is 0 Å². The predicted octanol–water partition coefficient (Wildman–Crippen LogP) is 5.59. The van der Waals surface area contributed by atoms with Gasteiger partial charge < -0.3 is 0 Å². The first kappa shape index (κ1) is 16.2. The van der Waals surface area contributed by atoms with Gasteiger partial charge in [0, 0.05) is 0 Å². The van der Waals surface area contributed by atoms with Crippen LogP contribution in [0.3, 0.4) is 0 Å². The van der Waals surface area contributed by atoms with Crippen LogP contribution in [0.2, 0.25) is 0 Å². The molecule has 0 atom stereocenters. The van der Waals surface area contributed by atoms with E-state index in [4.69, 9.17) is 0 Å². The molecular weight excluding hydrogens is 168 g/mol. The summed E-state index contributed by atoms with van der Waals surface area (Å²) < 4.78 is 0. The first-order valence-corrected chi connectivity index (χ1v) is 6.16. The van der Waals surface area contributed by atoms with Crippen molar-refractivity contribution >= 4 is 0 Å². The van der Waals surface area contributed by atoms with E-state index in [2.05, 4.69) is 27.7 Å². The van der Waals surface area contributed by atoms with Crippen LogP contribution in [0.15, 0.2) is 11.1 Å². The molecule has 86 valence electrons. The van der Waals surface area contributed by atoms with Crippen LogP contribution in [-0.4, -0.2) is 0 Å². The van der Waals surface area contributed by atoms with Gasteiger partial charge in [0.25, 0.3) is 0 Å². The molecule has 0 amide bonds. The molecule has 0 aromatic heterocycles. The van der Waals surface area contributed by atoms with Crippen LogP contribution in [0.4, 0.5) is 0 Å². The van der Waals surface area contributed by atoms with Gasteiger partial charge in [-0.25, -0.2) is 0 Å². The van der Waals surface area contributed by atoms with Crippen LogP contribution in [-0.2, 0) is 0 Å². The highest BCUT2D eigenvalue weighted by Crippen LogP contribution is 2.37. The molecule has 0 aromatic rings. The molecule has 0 N–H and O–H groups in total. The second-order valence-corrected chi connectivity index (χ2v) is 4.40. The first-order valence-electron chi connectivity index (χ1n) is 6.16. The summed E-state index contributed by atoms with van der Waals surface area (Å²) in [6.45, 7) is 17.3. The van der Waals surface area contributed by atoms with Crippen molar-refractivity contribution < 1.29 is 0 Å². The number of allylic oxidation sites excluding steroid dienone is 2. The maximum absolute atomic E-state index is 2.36. The highest BCUT2D eigenvalue weighted by atomic mass is 14.3. The minimum absolute atomic E-state index is 0.573. The molecule has 0 fully saturated rings. The monoisotopic (exact) mass is 198 g/mol. The summed E-state index contributed by atoms with van der Waals surface area (Å²) in [5, 5.41) is 0. The first-order chi connectivity index (χ1) is 6.51. The van der Waals surface area contributed by atoms with Gasteiger partial charge >= 0.3 is 0 Å². The van der Waals surface area contributed by atoms with E-state index in [0.717, 1.165) is 0 Å². The predicted molar refractivity (Wildman–Crippen MR) is 68.7 cm³/mol. The molecular formula is C14H30. The Bertz CT molecular complexity index is 161. The fourth-order valence-corrected chi connectivity index (χ4v) is 1.70. The van der Waals surface area contributed by atoms with Crippen LogP contribution in [0.1, 0.15) is 74.7 Å². The van der Waals surface area contributed by atoms with Crippen LogP contribution < -0.4 is 0 Å². The molecule has 0 aromatic carbocycles. The zero-order valence-corrected chi connectivity index (χ0v) is 11.6. The molecule has 0 spiro atoms. The molecule has 0 unspecified atom stereocenters. The Hall–Kier alpha value is -0.260. The van der Waals surface area contributed by atoms with E-state index in [-0.39, 0.29) is 0 Å². The van der Waals surface area contributed by atoms with Gasteiger partial charge in [-0.2, -0.15) is 0 Å². The summed E-state index contributed by atoms with van der Waals surface area (Å²) in [6.07, 6.45) is 3.99. The van der Waals surface area contributed by atoms with Crippen molar-refractivity contribution in [1.29, 1.82) is 0 Å². The average Bonchev–Trinajstić information content (AvgIpc) is 2.18. The highest BCUT2D eigenvalue weighted by Gasteiger charge is 2.22. The zero-order chi connectivity index (χ0) is 11.8. The summed E-state index contributed by atoms with van der Waals surface area (Å²) in [4.78, 5) is 0. The van der Waals surface area contributed by atoms with Crippen molar-refractivity contribution in [3.8, 4) is 0 Å². The maximum Gasteiger partial charge on any atom is -0.0269 e. The Morgan fingerprint density at radius 1 is 0.857 bits per heavy atom. The van der Waals surface area contributed by atoms with Gasteiger partial charge in [0.1, 0.15) is 0 Å². The Kier molecular flexibility index (Phi) is 9.34. The number of rotatable bonds is 0. The SMILES string of the molecule is CC.CC.CC1=C(C)CC(C)(C)CC1. The summed E-state index contributed by atoms with van der Waals surface area (Å²) in [5.74, 6) is 0. The Balaban J connectivity index is 0. The van der Waals surface area contributed by atoms with E-state index in [0.29, 0.717) is 5.41 Å². The molecule has 0 aliphatic heterocycles. The van der Waals surface area contributed by atoms with Gasteiger partial charge in [0.15, 0.2) is 0 Å². The molecule has 1 aliphatic rings. The molecule has 0 radical (unpaired) electrons. The molecule has 1 rings (SSSR count). The van der Waals surface area contributed by atoms with Crippen molar-refractivity contribution in [2.45, 2.75) is 74.7 Å². The lowest BCUT2D eigenvalue weighted by atomic mass is 9.75. The molecule has 0 saturated carbocycles. The lowest BCUT2D eigenvalue weighted by Crippen LogP contribution is -2.16. The minimum Gasteiger partial charge on any atom is -0.0744 e. The average molecular weight is 198 g/mol. The Labute approximate surface area is 91.8 Å². The van der Waals surface area contributed by atoms with Crippen molar-refractivity contribution in [3.63, 3.8) is 0 Å². The minimum atomic E-state index is 0.573. The fraction of sp³-hybridized carbons (Fsp3) is 0.857. The molecule has 0 nitrogen and oxygen atoms in total. The van der Waals surface area contributed by atoms with Crippen LogP contribution in [0.25, 0.3) is 0 Å². The number of hydrogen-bond donors (Lipinski definition) is 0. The van der Waals surface area contributed by atoms with Crippen molar-refractivity contribution in [2.75, 3.05) is 0 Å². The van der Waals surface area contributed by atoms with E-state index in [1.54, 1.807) is 11.1 Å². The van der Waals surface area contributed by atoms with E-state index in [9.17, 15) is 0 Å². The Morgan fingerprint density at radius 3 is 1.57 bits per heavy atom. The second-order valence-electron chi connectivity index (χ2n) is 4.40. The molecule has 0 heteroatoms. The standard InChI is InChI=1S/C10H18.2C2H6/c1-8-5-6-10(3,4)7-9(8)2;2*1-2/h5-7H2,1-4H3;2*1-2H3. The van der Waals surface area contributed by atoms with E-state index < -0.39 is 0 Å². The van der Waals surface area contributed by atoms with Crippen molar-refractivity contribution in [2.24, 2.45) is 5.41 Å². The fourth-order valence-electron chi connectivity index (χ4n) is 1.70. The van der Waals surface area contributed by atoms with Gasteiger partial charge in [-0.1, -0.05) is 52.7 Å². The summed E-state index contributed by atoms with van der Waals surface area (Å²) in [6, 6.07) is 0. The molecule has 14 heavy (non-hydrogen) atoms. The lowest BCUT2D eigenvalue weighted by Gasteiger charge is -2.30. The quantitative estimate of drug-likeness (QED) is 0.445. The van der Waals surface area contributed by atoms with Crippen molar-refractivity contribution in [3.05, 3.63) is 11.1 Å². The third-order valence-electron chi connectivity index (χ3n) is 2.65. The lowest BCUT2D eigenvalue weighted by molar-refractivity contribution is 0.314. The normalized spacial score (nSPS) is 18.9. The van der Waals surface area contributed by atoms with Gasteiger partial charge in [-0.15, -0.1) is 0 Å². The van der Waals surface area contributed by atoms with Gasteiger partial charge in [0.2, 0.25) is 0 Å². The van der Waals surface area contributed by atoms with E-state index in [1.807, 2.05) is 27.7 Å². The van der Waals surface area contributed by atoms with Crippen molar-refractivity contribution in [1.82, 2.24) is 0 Å². The van der Waals surface area contributed by atoms with Gasteiger partial charge in [-0.05, 0) is 38.5 Å². The molecule has 0 heterocycles. The van der Waals surface area contributed by atoms with Gasteiger partial charge in [-0.3, -0.25) is 0 Å². The summed E-state index contributed by atoms with van der Waals surface area (Å²) in [5.41, 5.74) is 3.82. The summed E-state index contributed by atoms with van der Waals surface area (Å²) in [7, 11) is 0. The molecule has 0 saturated heterocycles.